The minimum atomic E-state index is -0.737. The van der Waals surface area contributed by atoms with E-state index in [4.69, 9.17) is 14.2 Å². The SMILES string of the molecule is CCCC(=O)OC1CCCOC1OC(=O)CCC. The molecule has 1 fully saturated rings. The quantitative estimate of drug-likeness (QED) is 0.683. The lowest BCUT2D eigenvalue weighted by atomic mass is 10.1. The Balaban J connectivity index is 2.46. The summed E-state index contributed by atoms with van der Waals surface area (Å²) in [6, 6.07) is 0. The molecule has 18 heavy (non-hydrogen) atoms. The second-order valence-corrected chi connectivity index (χ2v) is 4.40. The topological polar surface area (TPSA) is 61.8 Å². The van der Waals surface area contributed by atoms with E-state index in [1.54, 1.807) is 0 Å². The molecule has 0 saturated carbocycles. The van der Waals surface area contributed by atoms with Crippen molar-refractivity contribution in [2.45, 2.75) is 64.8 Å². The van der Waals surface area contributed by atoms with E-state index in [2.05, 4.69) is 0 Å². The van der Waals surface area contributed by atoms with E-state index in [9.17, 15) is 9.59 Å². The molecule has 0 N–H and O–H groups in total. The minimum Gasteiger partial charge on any atom is -0.456 e. The van der Waals surface area contributed by atoms with Gasteiger partial charge >= 0.3 is 11.9 Å². The summed E-state index contributed by atoms with van der Waals surface area (Å²) < 4.78 is 15.8. The van der Waals surface area contributed by atoms with Gasteiger partial charge in [-0.25, -0.2) is 0 Å². The molecule has 0 bridgehead atoms. The van der Waals surface area contributed by atoms with Gasteiger partial charge in [-0.15, -0.1) is 0 Å². The molecule has 1 aliphatic heterocycles. The van der Waals surface area contributed by atoms with Crippen LogP contribution in [0, 0.1) is 0 Å². The van der Waals surface area contributed by atoms with Gasteiger partial charge in [0.05, 0.1) is 6.61 Å². The average molecular weight is 258 g/mol. The molecular weight excluding hydrogens is 236 g/mol. The highest BCUT2D eigenvalue weighted by Crippen LogP contribution is 2.20. The smallest absolute Gasteiger partial charge is 0.308 e. The Hall–Kier alpha value is -1.10. The number of carbonyl (C=O) groups excluding carboxylic acids is 2. The van der Waals surface area contributed by atoms with Crippen LogP contribution in [0.25, 0.3) is 0 Å². The fraction of sp³-hybridized carbons (Fsp3) is 0.846. The zero-order chi connectivity index (χ0) is 13.4. The second-order valence-electron chi connectivity index (χ2n) is 4.40. The summed E-state index contributed by atoms with van der Waals surface area (Å²) in [6.07, 6.45) is 2.50. The van der Waals surface area contributed by atoms with Gasteiger partial charge in [0.15, 0.2) is 6.10 Å². The zero-order valence-electron chi connectivity index (χ0n) is 11.1. The lowest BCUT2D eigenvalue weighted by Gasteiger charge is -2.30. The number of rotatable bonds is 6. The van der Waals surface area contributed by atoms with E-state index in [-0.39, 0.29) is 11.9 Å². The van der Waals surface area contributed by atoms with Crippen LogP contribution in [0.15, 0.2) is 0 Å². The lowest BCUT2D eigenvalue weighted by Crippen LogP contribution is -2.40. The molecule has 5 heteroatoms. The van der Waals surface area contributed by atoms with Crippen LogP contribution in [0.4, 0.5) is 0 Å². The van der Waals surface area contributed by atoms with Crippen molar-refractivity contribution in [1.29, 1.82) is 0 Å². The van der Waals surface area contributed by atoms with Crippen LogP contribution in [0.2, 0.25) is 0 Å². The molecule has 104 valence electrons. The number of hydrogen-bond donors (Lipinski definition) is 0. The van der Waals surface area contributed by atoms with Gasteiger partial charge in [-0.2, -0.15) is 0 Å². The number of esters is 2. The predicted molar refractivity (Wildman–Crippen MR) is 64.8 cm³/mol. The Morgan fingerprint density at radius 1 is 1.11 bits per heavy atom. The molecule has 0 aromatic rings. The third kappa shape index (κ3) is 5.04. The zero-order valence-corrected chi connectivity index (χ0v) is 11.1. The molecule has 1 heterocycles. The third-order valence-corrected chi connectivity index (χ3v) is 2.66. The van der Waals surface area contributed by atoms with Crippen LogP contribution in [-0.4, -0.2) is 30.9 Å². The molecule has 0 aromatic heterocycles. The molecule has 0 aromatic carbocycles. The molecule has 5 nitrogen and oxygen atoms in total. The maximum Gasteiger partial charge on any atom is 0.308 e. The van der Waals surface area contributed by atoms with Crippen molar-refractivity contribution in [3.05, 3.63) is 0 Å². The summed E-state index contributed by atoms with van der Waals surface area (Å²) in [5.41, 5.74) is 0. The summed E-state index contributed by atoms with van der Waals surface area (Å²) >= 11 is 0. The number of ether oxygens (including phenoxy) is 3. The van der Waals surface area contributed by atoms with E-state index in [0.717, 1.165) is 19.3 Å². The summed E-state index contributed by atoms with van der Waals surface area (Å²) in [5.74, 6) is -0.564. The minimum absolute atomic E-state index is 0.260. The van der Waals surface area contributed by atoms with Gasteiger partial charge in [0.2, 0.25) is 6.29 Å². The summed E-state index contributed by atoms with van der Waals surface area (Å²) in [4.78, 5) is 22.9. The maximum absolute atomic E-state index is 11.5. The van der Waals surface area contributed by atoms with Crippen LogP contribution in [0.3, 0.4) is 0 Å². The Labute approximate surface area is 108 Å². The van der Waals surface area contributed by atoms with E-state index in [1.807, 2.05) is 13.8 Å². The summed E-state index contributed by atoms with van der Waals surface area (Å²) in [5, 5.41) is 0. The number of hydrogen-bond acceptors (Lipinski definition) is 5. The lowest BCUT2D eigenvalue weighted by molar-refractivity contribution is -0.226. The standard InChI is InChI=1S/C13H22O5/c1-3-6-11(14)17-10-8-5-9-16-13(10)18-12(15)7-4-2/h10,13H,3-9H2,1-2H3. The van der Waals surface area contributed by atoms with Crippen LogP contribution < -0.4 is 0 Å². The molecule has 0 radical (unpaired) electrons. The third-order valence-electron chi connectivity index (χ3n) is 2.66. The summed E-state index contributed by atoms with van der Waals surface area (Å²) in [7, 11) is 0. The predicted octanol–water partition coefficient (Wildman–Crippen LogP) is 2.18. The van der Waals surface area contributed by atoms with Crippen LogP contribution in [-0.2, 0) is 23.8 Å². The first-order valence-corrected chi connectivity index (χ1v) is 6.68. The molecule has 0 spiro atoms. The molecule has 1 aliphatic rings. The van der Waals surface area contributed by atoms with Gasteiger partial charge in [0, 0.05) is 12.8 Å². The van der Waals surface area contributed by atoms with Gasteiger partial charge in [0.1, 0.15) is 0 Å². The number of carbonyl (C=O) groups is 2. The van der Waals surface area contributed by atoms with Crippen molar-refractivity contribution >= 4 is 11.9 Å². The second kappa shape index (κ2) is 8.08. The molecular formula is C13H22O5. The van der Waals surface area contributed by atoms with Crippen molar-refractivity contribution in [3.63, 3.8) is 0 Å². The van der Waals surface area contributed by atoms with Gasteiger partial charge in [0.25, 0.3) is 0 Å². The fourth-order valence-corrected chi connectivity index (χ4v) is 1.78. The van der Waals surface area contributed by atoms with Crippen LogP contribution in [0.5, 0.6) is 0 Å². The normalized spacial score (nSPS) is 23.4. The van der Waals surface area contributed by atoms with Gasteiger partial charge in [-0.1, -0.05) is 13.8 Å². The van der Waals surface area contributed by atoms with Crippen LogP contribution >= 0.6 is 0 Å². The molecule has 1 saturated heterocycles. The highest BCUT2D eigenvalue weighted by atomic mass is 16.7. The Morgan fingerprint density at radius 3 is 2.33 bits per heavy atom. The van der Waals surface area contributed by atoms with Crippen molar-refractivity contribution in [2.24, 2.45) is 0 Å². The molecule has 0 amide bonds. The molecule has 1 rings (SSSR count). The Morgan fingerprint density at radius 2 is 1.72 bits per heavy atom. The first kappa shape index (κ1) is 15.0. The van der Waals surface area contributed by atoms with Gasteiger partial charge in [-0.05, 0) is 25.7 Å². The monoisotopic (exact) mass is 258 g/mol. The maximum atomic E-state index is 11.5. The largest absolute Gasteiger partial charge is 0.456 e. The van der Waals surface area contributed by atoms with Crippen molar-refractivity contribution in [1.82, 2.24) is 0 Å². The van der Waals surface area contributed by atoms with Crippen LogP contribution in [0.1, 0.15) is 52.4 Å². The first-order valence-electron chi connectivity index (χ1n) is 6.68. The molecule has 2 atom stereocenters. The van der Waals surface area contributed by atoms with E-state index < -0.39 is 12.4 Å². The molecule has 0 aliphatic carbocycles. The Bertz CT molecular complexity index is 249. The average Bonchev–Trinajstić information content (AvgIpc) is 2.32. The first-order chi connectivity index (χ1) is 8.67. The van der Waals surface area contributed by atoms with E-state index >= 15 is 0 Å². The van der Waals surface area contributed by atoms with E-state index in [1.165, 1.54) is 0 Å². The van der Waals surface area contributed by atoms with Crippen molar-refractivity contribution < 1.29 is 23.8 Å². The van der Waals surface area contributed by atoms with Crippen molar-refractivity contribution in [3.8, 4) is 0 Å². The highest BCUT2D eigenvalue weighted by Gasteiger charge is 2.32. The van der Waals surface area contributed by atoms with E-state index in [0.29, 0.717) is 25.9 Å². The highest BCUT2D eigenvalue weighted by molar-refractivity contribution is 5.70. The summed E-state index contributed by atoms with van der Waals surface area (Å²) in [6.45, 7) is 4.35. The molecule has 2 unspecified atom stereocenters. The van der Waals surface area contributed by atoms with Gasteiger partial charge < -0.3 is 14.2 Å². The fourth-order valence-electron chi connectivity index (χ4n) is 1.78. The van der Waals surface area contributed by atoms with Gasteiger partial charge in [-0.3, -0.25) is 9.59 Å². The Kier molecular flexibility index (Phi) is 6.72. The van der Waals surface area contributed by atoms with Crippen molar-refractivity contribution in [2.75, 3.05) is 6.61 Å².